The van der Waals surface area contributed by atoms with E-state index in [2.05, 4.69) is 110 Å². The van der Waals surface area contributed by atoms with Gasteiger partial charge < -0.3 is 10.6 Å². The number of benzene rings is 6. The van der Waals surface area contributed by atoms with Crippen molar-refractivity contribution < 1.29 is 14.0 Å². The van der Waals surface area contributed by atoms with Crippen LogP contribution in [0, 0.1) is 0 Å². The van der Waals surface area contributed by atoms with Gasteiger partial charge in [-0.25, -0.2) is 9.97 Å². The number of carbonyl (C=O) groups is 2. The van der Waals surface area contributed by atoms with E-state index in [1.165, 1.54) is 10.8 Å². The van der Waals surface area contributed by atoms with Crippen LogP contribution in [0.1, 0.15) is 20.7 Å². The molecule has 0 aliphatic heterocycles. The first kappa shape index (κ1) is 32.8. The summed E-state index contributed by atoms with van der Waals surface area (Å²) < 4.78 is 2.23. The summed E-state index contributed by atoms with van der Waals surface area (Å²) in [5.41, 5.74) is 6.42. The third kappa shape index (κ3) is 5.94. The fourth-order valence-corrected chi connectivity index (χ4v) is 7.62. The lowest BCUT2D eigenvalue weighted by molar-refractivity contribution is -0.509. The zero-order chi connectivity index (χ0) is 37.6. The number of rotatable bonds is 6. The third-order valence-corrected chi connectivity index (χ3v) is 10.4. The number of anilines is 2. The summed E-state index contributed by atoms with van der Waals surface area (Å²) in [6.07, 6.45) is 7.58. The second kappa shape index (κ2) is 13.6. The van der Waals surface area contributed by atoms with Gasteiger partial charge in [-0.1, -0.05) is 84.9 Å². The second-order valence-electron chi connectivity index (χ2n) is 13.8. The number of hydrogen-bond acceptors (Lipinski definition) is 4. The van der Waals surface area contributed by atoms with Crippen LogP contribution < -0.4 is 15.0 Å². The van der Waals surface area contributed by atoms with Crippen LogP contribution in [0.4, 0.5) is 11.6 Å². The molecule has 0 fully saturated rings. The molecule has 2 amide bonds. The molecular formula is C49H32N5O2+. The Kier molecular flexibility index (Phi) is 7.96. The molecule has 0 spiro atoms. The Labute approximate surface area is 321 Å². The van der Waals surface area contributed by atoms with Gasteiger partial charge in [0.2, 0.25) is 5.52 Å². The lowest BCUT2D eigenvalue weighted by Gasteiger charge is -2.11. The van der Waals surface area contributed by atoms with E-state index in [0.29, 0.717) is 22.8 Å². The standard InChI is InChI=1S/C49H31N5O2/c55-48(52-43-5-1-3-25-50-43)37-17-7-31(8-18-37)39-21-13-33-11-15-35-23-27-54-28-24-36-16-12-34-14-22-40(30-42(34)46(36)47(54)45(35)41(33)29-39)32-9-19-38(20-10-32)49(56)53-44-6-2-4-26-51-44/h1-30H,(H-,50,51,52,53,55,56)/p+1. The van der Waals surface area contributed by atoms with Gasteiger partial charge in [0, 0.05) is 35.7 Å². The number of nitrogens with zero attached hydrogens (tertiary/aromatic N) is 3. The van der Waals surface area contributed by atoms with Gasteiger partial charge in [-0.05, 0) is 115 Å². The Bertz CT molecular complexity index is 2930. The van der Waals surface area contributed by atoms with E-state index >= 15 is 0 Å². The van der Waals surface area contributed by atoms with Crippen LogP contribution in [-0.4, -0.2) is 21.8 Å². The van der Waals surface area contributed by atoms with Crippen LogP contribution in [0.25, 0.3) is 70.9 Å². The molecular weight excluding hydrogens is 691 g/mol. The maximum absolute atomic E-state index is 12.9. The van der Waals surface area contributed by atoms with Gasteiger partial charge in [-0.3, -0.25) is 9.59 Å². The highest BCUT2D eigenvalue weighted by atomic mass is 16.2. The van der Waals surface area contributed by atoms with Crippen molar-refractivity contribution >= 4 is 72.1 Å². The maximum Gasteiger partial charge on any atom is 0.256 e. The quantitative estimate of drug-likeness (QED) is 0.132. The Morgan fingerprint density at radius 2 is 0.839 bits per heavy atom. The third-order valence-electron chi connectivity index (χ3n) is 10.4. The van der Waals surface area contributed by atoms with Crippen molar-refractivity contribution in [2.75, 3.05) is 10.6 Å². The number of amides is 2. The molecule has 0 unspecified atom stereocenters. The summed E-state index contributed by atoms with van der Waals surface area (Å²) in [6.45, 7) is 0. The fourth-order valence-electron chi connectivity index (χ4n) is 7.62. The molecule has 10 aromatic rings. The number of carbonyl (C=O) groups excluding carboxylic acids is 2. The van der Waals surface area contributed by atoms with Crippen LogP contribution in [0.5, 0.6) is 0 Å². The Balaban J connectivity index is 1.08. The molecule has 0 radical (unpaired) electrons. The van der Waals surface area contributed by atoms with Crippen molar-refractivity contribution in [3.8, 4) is 22.3 Å². The average molecular weight is 723 g/mol. The molecule has 264 valence electrons. The summed E-state index contributed by atoms with van der Waals surface area (Å²) in [6, 6.07) is 52.6. The van der Waals surface area contributed by atoms with Crippen molar-refractivity contribution in [1.29, 1.82) is 0 Å². The normalized spacial score (nSPS) is 11.4. The SMILES string of the molecule is O=C(Nc1ccccn1)c1ccc(-c2ccc3ccc4cc[n+]5ccc6ccc7ccc(-c8ccc(C(=O)Nc9ccccn9)cc8)cc7c6c5c4c3c2)cc1. The fraction of sp³-hybridized carbons (Fsp3) is 0. The average Bonchev–Trinajstić information content (AvgIpc) is 3.26. The topological polar surface area (TPSA) is 88.1 Å². The zero-order valence-corrected chi connectivity index (χ0v) is 30.0. The Hall–Kier alpha value is -7.77. The van der Waals surface area contributed by atoms with E-state index in [0.717, 1.165) is 60.1 Å². The maximum atomic E-state index is 12.9. The highest BCUT2D eigenvalue weighted by molar-refractivity contribution is 6.25. The van der Waals surface area contributed by atoms with Crippen LogP contribution in [0.2, 0.25) is 0 Å². The molecule has 56 heavy (non-hydrogen) atoms. The lowest BCUT2D eigenvalue weighted by atomic mass is 9.93. The minimum Gasteiger partial charge on any atom is -0.307 e. The highest BCUT2D eigenvalue weighted by Crippen LogP contribution is 2.37. The number of fused-ring (bicyclic) bond motifs is 9. The van der Waals surface area contributed by atoms with Gasteiger partial charge in [0.05, 0.1) is 10.8 Å². The highest BCUT2D eigenvalue weighted by Gasteiger charge is 2.19. The molecule has 0 atom stereocenters. The van der Waals surface area contributed by atoms with Gasteiger partial charge in [-0.2, -0.15) is 4.40 Å². The molecule has 0 bridgehead atoms. The van der Waals surface area contributed by atoms with Crippen molar-refractivity contribution in [2.45, 2.75) is 0 Å². The molecule has 0 saturated heterocycles. The minimum atomic E-state index is -0.202. The monoisotopic (exact) mass is 722 g/mol. The molecule has 0 aliphatic rings. The van der Waals surface area contributed by atoms with Gasteiger partial charge in [0.25, 0.3) is 11.8 Å². The molecule has 0 aliphatic carbocycles. The molecule has 4 heterocycles. The Morgan fingerprint density at radius 3 is 1.27 bits per heavy atom. The largest absolute Gasteiger partial charge is 0.307 e. The van der Waals surface area contributed by atoms with Crippen LogP contribution in [0.3, 0.4) is 0 Å². The number of pyridine rings is 4. The number of nitrogens with one attached hydrogen (secondary N) is 2. The summed E-state index contributed by atoms with van der Waals surface area (Å²) >= 11 is 0. The van der Waals surface area contributed by atoms with Crippen molar-refractivity contribution in [2.24, 2.45) is 0 Å². The minimum absolute atomic E-state index is 0.202. The smallest absolute Gasteiger partial charge is 0.256 e. The Morgan fingerprint density at radius 1 is 0.429 bits per heavy atom. The van der Waals surface area contributed by atoms with Crippen molar-refractivity contribution in [1.82, 2.24) is 9.97 Å². The van der Waals surface area contributed by atoms with Crippen LogP contribution >= 0.6 is 0 Å². The van der Waals surface area contributed by atoms with Gasteiger partial charge in [0.1, 0.15) is 11.6 Å². The second-order valence-corrected chi connectivity index (χ2v) is 13.8. The van der Waals surface area contributed by atoms with E-state index in [9.17, 15) is 9.59 Å². The van der Waals surface area contributed by atoms with Crippen LogP contribution in [0.15, 0.2) is 183 Å². The van der Waals surface area contributed by atoms with Gasteiger partial charge in [-0.15, -0.1) is 0 Å². The molecule has 4 aromatic heterocycles. The van der Waals surface area contributed by atoms with Gasteiger partial charge >= 0.3 is 0 Å². The summed E-state index contributed by atoms with van der Waals surface area (Å²) in [4.78, 5) is 34.3. The van der Waals surface area contributed by atoms with E-state index in [1.54, 1.807) is 24.5 Å². The van der Waals surface area contributed by atoms with Crippen LogP contribution in [-0.2, 0) is 0 Å². The molecule has 6 aromatic carbocycles. The van der Waals surface area contributed by atoms with Crippen molar-refractivity contribution in [3.63, 3.8) is 0 Å². The first-order chi connectivity index (χ1) is 27.6. The van der Waals surface area contributed by atoms with Crippen molar-refractivity contribution in [3.05, 3.63) is 194 Å². The molecule has 7 heteroatoms. The molecule has 2 N–H and O–H groups in total. The molecule has 10 rings (SSSR count). The number of aromatic nitrogens is 3. The summed E-state index contributed by atoms with van der Waals surface area (Å²) in [5, 5.41) is 15.0. The zero-order valence-electron chi connectivity index (χ0n) is 30.0. The van der Waals surface area contributed by atoms with E-state index in [-0.39, 0.29) is 11.8 Å². The predicted molar refractivity (Wildman–Crippen MR) is 225 cm³/mol. The number of hydrogen-bond donors (Lipinski definition) is 2. The van der Waals surface area contributed by atoms with E-state index in [1.807, 2.05) is 72.8 Å². The molecule has 0 saturated carbocycles. The molecule has 7 nitrogen and oxygen atoms in total. The van der Waals surface area contributed by atoms with Gasteiger partial charge in [0.15, 0.2) is 12.4 Å². The van der Waals surface area contributed by atoms with E-state index in [4.69, 9.17) is 0 Å². The predicted octanol–water partition coefficient (Wildman–Crippen LogP) is 10.7. The summed E-state index contributed by atoms with van der Waals surface area (Å²) in [7, 11) is 0. The first-order valence-electron chi connectivity index (χ1n) is 18.4. The summed E-state index contributed by atoms with van der Waals surface area (Å²) in [5.74, 6) is 0.627. The first-order valence-corrected chi connectivity index (χ1v) is 18.4. The lowest BCUT2D eigenvalue weighted by Crippen LogP contribution is -2.20. The van der Waals surface area contributed by atoms with E-state index < -0.39 is 0 Å².